The molecule has 0 spiro atoms. The molecule has 0 fully saturated rings. The van der Waals surface area contributed by atoms with Crippen LogP contribution in [0.4, 0.5) is 0 Å². The van der Waals surface area contributed by atoms with E-state index in [2.05, 4.69) is 5.32 Å². The van der Waals surface area contributed by atoms with Crippen LogP contribution in [0.2, 0.25) is 0 Å². The molecular formula is C12H13NO3. The van der Waals surface area contributed by atoms with Crippen molar-refractivity contribution in [3.8, 4) is 0 Å². The van der Waals surface area contributed by atoms with Crippen LogP contribution in [0, 0.1) is 13.8 Å². The van der Waals surface area contributed by atoms with E-state index in [0.29, 0.717) is 12.3 Å². The summed E-state index contributed by atoms with van der Waals surface area (Å²) in [6.07, 6.45) is 1.47. The number of furan rings is 2. The zero-order valence-corrected chi connectivity index (χ0v) is 9.24. The van der Waals surface area contributed by atoms with Crippen LogP contribution in [0.3, 0.4) is 0 Å². The van der Waals surface area contributed by atoms with Gasteiger partial charge in [-0.05, 0) is 32.0 Å². The average Bonchev–Trinajstić information content (AvgIpc) is 2.84. The Kier molecular flexibility index (Phi) is 2.81. The lowest BCUT2D eigenvalue weighted by atomic mass is 10.2. The number of rotatable bonds is 3. The van der Waals surface area contributed by atoms with Gasteiger partial charge in [-0.3, -0.25) is 4.79 Å². The molecule has 0 atom stereocenters. The summed E-state index contributed by atoms with van der Waals surface area (Å²) < 4.78 is 10.3. The van der Waals surface area contributed by atoms with Crippen LogP contribution in [0.15, 0.2) is 33.3 Å². The van der Waals surface area contributed by atoms with E-state index >= 15 is 0 Å². The molecule has 1 amide bonds. The summed E-state index contributed by atoms with van der Waals surface area (Å²) >= 11 is 0. The van der Waals surface area contributed by atoms with Gasteiger partial charge in [0.1, 0.15) is 11.5 Å². The second-order valence-electron chi connectivity index (χ2n) is 3.60. The molecule has 84 valence electrons. The van der Waals surface area contributed by atoms with E-state index in [0.717, 1.165) is 17.1 Å². The zero-order valence-electron chi connectivity index (χ0n) is 9.24. The minimum atomic E-state index is -0.219. The maximum Gasteiger partial charge on any atom is 0.287 e. The Balaban J connectivity index is 1.98. The third-order valence-electron chi connectivity index (χ3n) is 2.33. The number of nitrogens with one attached hydrogen (secondary N) is 1. The highest BCUT2D eigenvalue weighted by Gasteiger charge is 2.10. The molecule has 16 heavy (non-hydrogen) atoms. The highest BCUT2D eigenvalue weighted by molar-refractivity contribution is 5.91. The predicted molar refractivity (Wildman–Crippen MR) is 58.1 cm³/mol. The van der Waals surface area contributed by atoms with Gasteiger partial charge in [0, 0.05) is 12.1 Å². The summed E-state index contributed by atoms with van der Waals surface area (Å²) in [4.78, 5) is 11.6. The zero-order chi connectivity index (χ0) is 11.5. The number of aryl methyl sites for hydroxylation is 2. The molecule has 2 heterocycles. The van der Waals surface area contributed by atoms with E-state index in [1.165, 1.54) is 6.26 Å². The second kappa shape index (κ2) is 4.26. The van der Waals surface area contributed by atoms with Crippen molar-refractivity contribution in [2.24, 2.45) is 0 Å². The number of carbonyl (C=O) groups excluding carboxylic acids is 1. The quantitative estimate of drug-likeness (QED) is 0.862. The van der Waals surface area contributed by atoms with Crippen molar-refractivity contribution >= 4 is 5.91 Å². The van der Waals surface area contributed by atoms with Gasteiger partial charge in [0.2, 0.25) is 0 Å². The molecule has 0 aliphatic heterocycles. The normalized spacial score (nSPS) is 10.4. The summed E-state index contributed by atoms with van der Waals surface area (Å²) in [5.74, 6) is 1.78. The van der Waals surface area contributed by atoms with Crippen LogP contribution < -0.4 is 5.32 Å². The Hall–Kier alpha value is -1.97. The van der Waals surface area contributed by atoms with Gasteiger partial charge in [-0.1, -0.05) is 0 Å². The third kappa shape index (κ3) is 2.16. The van der Waals surface area contributed by atoms with E-state index in [1.807, 2.05) is 19.9 Å². The molecular weight excluding hydrogens is 206 g/mol. The third-order valence-corrected chi connectivity index (χ3v) is 2.33. The van der Waals surface area contributed by atoms with Crippen LogP contribution >= 0.6 is 0 Å². The number of amides is 1. The fourth-order valence-corrected chi connectivity index (χ4v) is 1.53. The van der Waals surface area contributed by atoms with Crippen molar-refractivity contribution in [2.45, 2.75) is 20.4 Å². The van der Waals surface area contributed by atoms with Gasteiger partial charge in [-0.2, -0.15) is 0 Å². The lowest BCUT2D eigenvalue weighted by Gasteiger charge is -2.01. The van der Waals surface area contributed by atoms with E-state index in [-0.39, 0.29) is 5.91 Å². The Bertz CT molecular complexity index is 482. The van der Waals surface area contributed by atoms with Crippen molar-refractivity contribution in [3.63, 3.8) is 0 Å². The standard InChI is InChI=1S/C12H13NO3/c1-8-6-10(9(2)16-8)7-13-12(14)11-4-3-5-15-11/h3-6H,7H2,1-2H3,(H,13,14). The average molecular weight is 219 g/mol. The Morgan fingerprint density at radius 2 is 2.25 bits per heavy atom. The summed E-state index contributed by atoms with van der Waals surface area (Å²) in [5, 5.41) is 2.76. The number of carbonyl (C=O) groups is 1. The monoisotopic (exact) mass is 219 g/mol. The minimum Gasteiger partial charge on any atom is -0.466 e. The first-order valence-corrected chi connectivity index (χ1v) is 5.04. The maximum absolute atomic E-state index is 11.6. The van der Waals surface area contributed by atoms with Crippen molar-refractivity contribution in [1.29, 1.82) is 0 Å². The highest BCUT2D eigenvalue weighted by atomic mass is 16.3. The van der Waals surface area contributed by atoms with Crippen molar-refractivity contribution in [3.05, 3.63) is 47.3 Å². The van der Waals surface area contributed by atoms with E-state index in [1.54, 1.807) is 12.1 Å². The molecule has 4 nitrogen and oxygen atoms in total. The van der Waals surface area contributed by atoms with Crippen molar-refractivity contribution < 1.29 is 13.6 Å². The van der Waals surface area contributed by atoms with Gasteiger partial charge in [0.05, 0.1) is 6.26 Å². The van der Waals surface area contributed by atoms with Gasteiger partial charge in [-0.15, -0.1) is 0 Å². The van der Waals surface area contributed by atoms with Gasteiger partial charge in [0.25, 0.3) is 5.91 Å². The van der Waals surface area contributed by atoms with Crippen LogP contribution in [0.25, 0.3) is 0 Å². The van der Waals surface area contributed by atoms with Crippen LogP contribution in [-0.4, -0.2) is 5.91 Å². The fraction of sp³-hybridized carbons (Fsp3) is 0.250. The van der Waals surface area contributed by atoms with E-state index in [4.69, 9.17) is 8.83 Å². The molecule has 0 saturated heterocycles. The molecule has 0 bridgehead atoms. The molecule has 0 saturated carbocycles. The molecule has 0 unspecified atom stereocenters. The van der Waals surface area contributed by atoms with Crippen molar-refractivity contribution in [2.75, 3.05) is 0 Å². The Labute approximate surface area is 93.2 Å². The molecule has 2 aromatic heterocycles. The highest BCUT2D eigenvalue weighted by Crippen LogP contribution is 2.13. The molecule has 2 aromatic rings. The largest absolute Gasteiger partial charge is 0.466 e. The summed E-state index contributed by atoms with van der Waals surface area (Å²) in [5.41, 5.74) is 0.984. The molecule has 4 heteroatoms. The lowest BCUT2D eigenvalue weighted by Crippen LogP contribution is -2.22. The summed E-state index contributed by atoms with van der Waals surface area (Å²) in [6, 6.07) is 5.22. The van der Waals surface area contributed by atoms with Crippen molar-refractivity contribution in [1.82, 2.24) is 5.32 Å². The smallest absolute Gasteiger partial charge is 0.287 e. The number of hydrogen-bond acceptors (Lipinski definition) is 3. The van der Waals surface area contributed by atoms with Gasteiger partial charge >= 0.3 is 0 Å². The van der Waals surface area contributed by atoms with Crippen LogP contribution in [0.1, 0.15) is 27.6 Å². The molecule has 0 aliphatic carbocycles. The summed E-state index contributed by atoms with van der Waals surface area (Å²) in [7, 11) is 0. The van der Waals surface area contributed by atoms with E-state index in [9.17, 15) is 4.79 Å². The number of hydrogen-bond donors (Lipinski definition) is 1. The second-order valence-corrected chi connectivity index (χ2v) is 3.60. The molecule has 0 radical (unpaired) electrons. The Morgan fingerprint density at radius 1 is 1.44 bits per heavy atom. The Morgan fingerprint density at radius 3 is 2.81 bits per heavy atom. The minimum absolute atomic E-state index is 0.219. The fourth-order valence-electron chi connectivity index (χ4n) is 1.53. The van der Waals surface area contributed by atoms with Crippen LogP contribution in [-0.2, 0) is 6.54 Å². The maximum atomic E-state index is 11.6. The first kappa shape index (κ1) is 10.5. The summed E-state index contributed by atoms with van der Waals surface area (Å²) in [6.45, 7) is 4.20. The SMILES string of the molecule is Cc1cc(CNC(=O)c2ccco2)c(C)o1. The molecule has 2 rings (SSSR count). The van der Waals surface area contributed by atoms with Gasteiger partial charge in [-0.25, -0.2) is 0 Å². The molecule has 1 N–H and O–H groups in total. The lowest BCUT2D eigenvalue weighted by molar-refractivity contribution is 0.0923. The first-order valence-electron chi connectivity index (χ1n) is 5.04. The van der Waals surface area contributed by atoms with Crippen LogP contribution in [0.5, 0.6) is 0 Å². The predicted octanol–water partition coefficient (Wildman–Crippen LogP) is 2.42. The van der Waals surface area contributed by atoms with Gasteiger partial charge < -0.3 is 14.2 Å². The molecule has 0 aromatic carbocycles. The topological polar surface area (TPSA) is 55.4 Å². The first-order chi connectivity index (χ1) is 7.66. The molecule has 0 aliphatic rings. The van der Waals surface area contributed by atoms with Gasteiger partial charge in [0.15, 0.2) is 5.76 Å². The van der Waals surface area contributed by atoms with E-state index < -0.39 is 0 Å².